The van der Waals surface area contributed by atoms with E-state index < -0.39 is 0 Å². The monoisotopic (exact) mass is 348 g/mol. The molecule has 2 aromatic carbocycles. The molecule has 2 rings (SSSR count). The number of carbonyl (C=O) groups excluding carboxylic acids is 1. The summed E-state index contributed by atoms with van der Waals surface area (Å²) in [6.45, 7) is 3.13. The highest BCUT2D eigenvalue weighted by molar-refractivity contribution is 6.31. The molecule has 0 atom stereocenters. The molecule has 2 aromatic rings. The van der Waals surface area contributed by atoms with Crippen LogP contribution < -0.4 is 15.4 Å². The summed E-state index contributed by atoms with van der Waals surface area (Å²) < 4.78 is 10.4. The number of ether oxygens (including phenoxy) is 2. The van der Waals surface area contributed by atoms with Crippen molar-refractivity contribution in [2.24, 2.45) is 0 Å². The van der Waals surface area contributed by atoms with Crippen molar-refractivity contribution in [3.05, 3.63) is 53.1 Å². The topological polar surface area (TPSA) is 59.6 Å². The minimum absolute atomic E-state index is 0.143. The Hall–Kier alpha value is -2.24. The standard InChI is InChI=1S/C18H21ClN2O3/c1-13-3-4-15(11-17(13)19)21-18(22)12-20-14-5-7-16(8-6-14)24-10-9-23-2/h3-8,11,20H,9-10,12H2,1-2H3,(H,21,22). The van der Waals surface area contributed by atoms with E-state index in [1.165, 1.54) is 0 Å². The molecule has 0 bridgehead atoms. The van der Waals surface area contributed by atoms with Gasteiger partial charge in [-0.05, 0) is 48.9 Å². The normalized spacial score (nSPS) is 10.3. The molecular weight excluding hydrogens is 328 g/mol. The zero-order valence-electron chi connectivity index (χ0n) is 13.8. The quantitative estimate of drug-likeness (QED) is 0.714. The fourth-order valence-electron chi connectivity index (χ4n) is 1.97. The van der Waals surface area contributed by atoms with Crippen LogP contribution in [0.2, 0.25) is 5.02 Å². The Balaban J connectivity index is 1.79. The van der Waals surface area contributed by atoms with Gasteiger partial charge in [0.2, 0.25) is 5.91 Å². The van der Waals surface area contributed by atoms with Crippen LogP contribution >= 0.6 is 11.6 Å². The third-order valence-corrected chi connectivity index (χ3v) is 3.73. The second-order valence-corrected chi connectivity index (χ2v) is 5.64. The molecule has 0 aliphatic heterocycles. The molecule has 0 aliphatic carbocycles. The Bertz CT molecular complexity index is 674. The molecule has 2 N–H and O–H groups in total. The lowest BCUT2D eigenvalue weighted by Crippen LogP contribution is -2.21. The van der Waals surface area contributed by atoms with Crippen molar-refractivity contribution < 1.29 is 14.3 Å². The molecule has 0 aromatic heterocycles. The lowest BCUT2D eigenvalue weighted by molar-refractivity contribution is -0.114. The number of halogens is 1. The van der Waals surface area contributed by atoms with E-state index in [1.54, 1.807) is 13.2 Å². The number of amides is 1. The highest BCUT2D eigenvalue weighted by Crippen LogP contribution is 2.20. The van der Waals surface area contributed by atoms with Crippen molar-refractivity contribution >= 4 is 28.9 Å². The van der Waals surface area contributed by atoms with Crippen molar-refractivity contribution in [3.63, 3.8) is 0 Å². The van der Waals surface area contributed by atoms with E-state index in [2.05, 4.69) is 10.6 Å². The van der Waals surface area contributed by atoms with Crippen LogP contribution in [0.25, 0.3) is 0 Å². The Morgan fingerprint density at radius 3 is 2.46 bits per heavy atom. The van der Waals surface area contributed by atoms with Crippen LogP contribution in [0.4, 0.5) is 11.4 Å². The van der Waals surface area contributed by atoms with Gasteiger partial charge in [0, 0.05) is 23.5 Å². The average Bonchev–Trinajstić information content (AvgIpc) is 2.58. The first kappa shape index (κ1) is 18.1. The van der Waals surface area contributed by atoms with Gasteiger partial charge in [-0.25, -0.2) is 0 Å². The lowest BCUT2D eigenvalue weighted by atomic mass is 10.2. The molecular formula is C18H21ClN2O3. The summed E-state index contributed by atoms with van der Waals surface area (Å²) in [4.78, 5) is 12.0. The molecule has 0 heterocycles. The van der Waals surface area contributed by atoms with Crippen LogP contribution in [-0.4, -0.2) is 32.8 Å². The second kappa shape index (κ2) is 9.15. The van der Waals surface area contributed by atoms with Crippen LogP contribution in [0.1, 0.15) is 5.56 Å². The molecule has 5 nitrogen and oxygen atoms in total. The highest BCUT2D eigenvalue weighted by Gasteiger charge is 2.04. The molecule has 0 unspecified atom stereocenters. The van der Waals surface area contributed by atoms with E-state index >= 15 is 0 Å². The van der Waals surface area contributed by atoms with Gasteiger partial charge in [-0.1, -0.05) is 17.7 Å². The van der Waals surface area contributed by atoms with Gasteiger partial charge in [0.1, 0.15) is 12.4 Å². The first-order valence-electron chi connectivity index (χ1n) is 7.60. The summed E-state index contributed by atoms with van der Waals surface area (Å²) in [5, 5.41) is 6.49. The smallest absolute Gasteiger partial charge is 0.243 e. The zero-order valence-corrected chi connectivity index (χ0v) is 14.5. The van der Waals surface area contributed by atoms with Gasteiger partial charge in [-0.3, -0.25) is 4.79 Å². The summed E-state index contributed by atoms with van der Waals surface area (Å²) in [6.07, 6.45) is 0. The SMILES string of the molecule is COCCOc1ccc(NCC(=O)Nc2ccc(C)c(Cl)c2)cc1. The number of aryl methyl sites for hydroxylation is 1. The van der Waals surface area contributed by atoms with Crippen molar-refractivity contribution in [2.45, 2.75) is 6.92 Å². The highest BCUT2D eigenvalue weighted by atomic mass is 35.5. The molecule has 0 saturated carbocycles. The predicted molar refractivity (Wildman–Crippen MR) is 97.1 cm³/mol. The molecule has 128 valence electrons. The maximum Gasteiger partial charge on any atom is 0.243 e. The number of carbonyl (C=O) groups is 1. The third kappa shape index (κ3) is 5.76. The molecule has 0 saturated heterocycles. The van der Waals surface area contributed by atoms with E-state index in [-0.39, 0.29) is 12.5 Å². The molecule has 0 spiro atoms. The van der Waals surface area contributed by atoms with Crippen LogP contribution in [0.3, 0.4) is 0 Å². The molecule has 1 amide bonds. The van der Waals surface area contributed by atoms with Crippen molar-refractivity contribution in [3.8, 4) is 5.75 Å². The summed E-state index contributed by atoms with van der Waals surface area (Å²) in [5.74, 6) is 0.617. The number of benzene rings is 2. The molecule has 6 heteroatoms. The summed E-state index contributed by atoms with van der Waals surface area (Å²) in [6, 6.07) is 12.8. The van der Waals surface area contributed by atoms with E-state index in [9.17, 15) is 4.79 Å². The van der Waals surface area contributed by atoms with Gasteiger partial charge < -0.3 is 20.1 Å². The number of nitrogens with one attached hydrogen (secondary N) is 2. The van der Waals surface area contributed by atoms with Gasteiger partial charge in [-0.2, -0.15) is 0 Å². The van der Waals surface area contributed by atoms with Crippen LogP contribution in [0.5, 0.6) is 5.75 Å². The Morgan fingerprint density at radius 2 is 1.79 bits per heavy atom. The van der Waals surface area contributed by atoms with Gasteiger partial charge in [0.25, 0.3) is 0 Å². The van der Waals surface area contributed by atoms with Gasteiger partial charge in [0.15, 0.2) is 0 Å². The maximum absolute atomic E-state index is 12.0. The Labute approximate surface area is 146 Å². The summed E-state index contributed by atoms with van der Waals surface area (Å²) in [5.41, 5.74) is 2.49. The number of hydrogen-bond acceptors (Lipinski definition) is 4. The minimum Gasteiger partial charge on any atom is -0.491 e. The van der Waals surface area contributed by atoms with Crippen LogP contribution in [0.15, 0.2) is 42.5 Å². The third-order valence-electron chi connectivity index (χ3n) is 3.32. The number of anilines is 2. The summed E-state index contributed by atoms with van der Waals surface area (Å²) in [7, 11) is 1.63. The number of methoxy groups -OCH3 is 1. The molecule has 0 fully saturated rings. The van der Waals surface area contributed by atoms with E-state index in [0.29, 0.717) is 23.9 Å². The lowest BCUT2D eigenvalue weighted by Gasteiger charge is -2.10. The van der Waals surface area contributed by atoms with Gasteiger partial charge in [-0.15, -0.1) is 0 Å². The number of hydrogen-bond donors (Lipinski definition) is 2. The average molecular weight is 349 g/mol. The van der Waals surface area contributed by atoms with E-state index in [4.69, 9.17) is 21.1 Å². The molecule has 0 aliphatic rings. The second-order valence-electron chi connectivity index (χ2n) is 5.23. The first-order chi connectivity index (χ1) is 11.6. The van der Waals surface area contributed by atoms with Crippen LogP contribution in [-0.2, 0) is 9.53 Å². The van der Waals surface area contributed by atoms with Gasteiger partial charge >= 0.3 is 0 Å². The van der Waals surface area contributed by atoms with Crippen molar-refractivity contribution in [1.82, 2.24) is 0 Å². The van der Waals surface area contributed by atoms with Crippen LogP contribution in [0, 0.1) is 6.92 Å². The fraction of sp³-hybridized carbons (Fsp3) is 0.278. The first-order valence-corrected chi connectivity index (χ1v) is 7.98. The predicted octanol–water partition coefficient (Wildman–Crippen LogP) is 3.72. The van der Waals surface area contributed by atoms with E-state index in [1.807, 2.05) is 43.3 Å². The molecule has 24 heavy (non-hydrogen) atoms. The largest absolute Gasteiger partial charge is 0.491 e. The fourth-order valence-corrected chi connectivity index (χ4v) is 2.15. The summed E-state index contributed by atoms with van der Waals surface area (Å²) >= 11 is 6.04. The number of rotatable bonds is 8. The van der Waals surface area contributed by atoms with Gasteiger partial charge in [0.05, 0.1) is 13.2 Å². The van der Waals surface area contributed by atoms with Crippen molar-refractivity contribution in [2.75, 3.05) is 37.5 Å². The minimum atomic E-state index is -0.143. The van der Waals surface area contributed by atoms with Crippen molar-refractivity contribution in [1.29, 1.82) is 0 Å². The van der Waals surface area contributed by atoms with E-state index in [0.717, 1.165) is 17.0 Å². The zero-order chi connectivity index (χ0) is 17.4. The molecule has 0 radical (unpaired) electrons. The Kier molecular flexibility index (Phi) is 6.90. The maximum atomic E-state index is 12.0. The Morgan fingerprint density at radius 1 is 1.08 bits per heavy atom.